The number of nitrogens with one attached hydrogen (secondary N) is 1. The number of rotatable bonds is 4. The van der Waals surface area contributed by atoms with Crippen LogP contribution in [0, 0.1) is 11.3 Å². The van der Waals surface area contributed by atoms with Crippen molar-refractivity contribution in [1.29, 1.82) is 5.26 Å². The summed E-state index contributed by atoms with van der Waals surface area (Å²) in [5.41, 5.74) is -0.257. The molecular formula is C19H21N3O2S. The lowest BCUT2D eigenvalue weighted by Gasteiger charge is -2.37. The van der Waals surface area contributed by atoms with E-state index in [1.807, 2.05) is 7.05 Å². The molecule has 0 spiro atoms. The first-order valence-electron chi connectivity index (χ1n) is 8.24. The molecule has 1 N–H and O–H groups in total. The number of anilines is 1. The third-order valence-electron chi connectivity index (χ3n) is 4.66. The molecule has 2 aromatic rings. The molecular weight excluding hydrogens is 334 g/mol. The van der Waals surface area contributed by atoms with Crippen LogP contribution in [-0.2, 0) is 9.84 Å². The third kappa shape index (κ3) is 3.53. The SMILES string of the molecule is CN1CCC(C#N)(Nc2ccccc2S(=O)(=O)c2ccccc2)CC1. The maximum Gasteiger partial charge on any atom is 0.208 e. The molecule has 1 aliphatic rings. The molecule has 3 rings (SSSR count). The number of likely N-dealkylation sites (tertiary alicyclic amines) is 1. The van der Waals surface area contributed by atoms with Gasteiger partial charge in [0.05, 0.1) is 21.5 Å². The summed E-state index contributed by atoms with van der Waals surface area (Å²) in [5.74, 6) is 0. The van der Waals surface area contributed by atoms with Crippen LogP contribution in [0.1, 0.15) is 12.8 Å². The van der Waals surface area contributed by atoms with Gasteiger partial charge in [-0.3, -0.25) is 0 Å². The molecule has 0 atom stereocenters. The van der Waals surface area contributed by atoms with Crippen LogP contribution >= 0.6 is 0 Å². The van der Waals surface area contributed by atoms with E-state index in [9.17, 15) is 13.7 Å². The highest BCUT2D eigenvalue weighted by Crippen LogP contribution is 2.32. The minimum Gasteiger partial charge on any atom is -0.366 e. The smallest absolute Gasteiger partial charge is 0.208 e. The fraction of sp³-hybridized carbons (Fsp3) is 0.316. The summed E-state index contributed by atoms with van der Waals surface area (Å²) < 4.78 is 26.0. The zero-order valence-electron chi connectivity index (χ0n) is 14.1. The Kier molecular flexibility index (Phi) is 4.80. The number of piperidine rings is 1. The van der Waals surface area contributed by atoms with Gasteiger partial charge in [-0.05, 0) is 44.2 Å². The maximum atomic E-state index is 13.0. The molecule has 0 aliphatic carbocycles. The number of nitrogens with zero attached hydrogens (tertiary/aromatic N) is 2. The van der Waals surface area contributed by atoms with Gasteiger partial charge in [-0.15, -0.1) is 0 Å². The lowest BCUT2D eigenvalue weighted by Crippen LogP contribution is -2.47. The third-order valence-corrected chi connectivity index (χ3v) is 6.49. The molecule has 130 valence electrons. The molecule has 0 saturated carbocycles. The van der Waals surface area contributed by atoms with Gasteiger partial charge in [0.25, 0.3) is 0 Å². The van der Waals surface area contributed by atoms with E-state index in [0.29, 0.717) is 18.5 Å². The molecule has 0 unspecified atom stereocenters. The van der Waals surface area contributed by atoms with Gasteiger partial charge in [-0.25, -0.2) is 8.42 Å². The molecule has 25 heavy (non-hydrogen) atoms. The molecule has 0 bridgehead atoms. The zero-order chi connectivity index (χ0) is 17.9. The molecule has 1 heterocycles. The zero-order valence-corrected chi connectivity index (χ0v) is 15.0. The molecule has 1 fully saturated rings. The summed E-state index contributed by atoms with van der Waals surface area (Å²) in [5, 5.41) is 13.0. The summed E-state index contributed by atoms with van der Waals surface area (Å²) in [7, 11) is -1.63. The van der Waals surface area contributed by atoms with Gasteiger partial charge in [0.1, 0.15) is 5.54 Å². The Morgan fingerprint density at radius 2 is 1.64 bits per heavy atom. The Morgan fingerprint density at radius 1 is 1.04 bits per heavy atom. The molecule has 6 heteroatoms. The van der Waals surface area contributed by atoms with Crippen molar-refractivity contribution < 1.29 is 8.42 Å². The number of nitriles is 1. The van der Waals surface area contributed by atoms with Gasteiger partial charge in [0.15, 0.2) is 0 Å². The van der Waals surface area contributed by atoms with Gasteiger partial charge >= 0.3 is 0 Å². The lowest BCUT2D eigenvalue weighted by molar-refractivity contribution is 0.235. The summed E-state index contributed by atoms with van der Waals surface area (Å²) in [4.78, 5) is 2.62. The summed E-state index contributed by atoms with van der Waals surface area (Å²) in [6, 6.07) is 17.5. The molecule has 1 saturated heterocycles. The van der Waals surface area contributed by atoms with E-state index in [-0.39, 0.29) is 9.79 Å². The lowest BCUT2D eigenvalue weighted by atomic mass is 9.89. The van der Waals surface area contributed by atoms with Crippen molar-refractivity contribution in [1.82, 2.24) is 4.90 Å². The Balaban J connectivity index is 1.99. The van der Waals surface area contributed by atoms with Gasteiger partial charge in [-0.1, -0.05) is 30.3 Å². The Hall–Kier alpha value is -2.36. The van der Waals surface area contributed by atoms with E-state index in [1.54, 1.807) is 54.6 Å². The minimum atomic E-state index is -3.65. The van der Waals surface area contributed by atoms with E-state index in [2.05, 4.69) is 16.3 Å². The Labute approximate surface area is 148 Å². The molecule has 0 amide bonds. The van der Waals surface area contributed by atoms with Crippen molar-refractivity contribution in [2.75, 3.05) is 25.5 Å². The quantitative estimate of drug-likeness (QED) is 0.913. The first-order chi connectivity index (χ1) is 12.0. The second-order valence-corrected chi connectivity index (χ2v) is 8.35. The van der Waals surface area contributed by atoms with Gasteiger partial charge in [0.2, 0.25) is 9.84 Å². The minimum absolute atomic E-state index is 0.203. The molecule has 1 aliphatic heterocycles. The average molecular weight is 355 g/mol. The summed E-state index contributed by atoms with van der Waals surface area (Å²) in [6.45, 7) is 1.60. The number of benzene rings is 2. The van der Waals surface area contributed by atoms with E-state index in [1.165, 1.54) is 0 Å². The normalized spacial score (nSPS) is 17.6. The van der Waals surface area contributed by atoms with Crippen molar-refractivity contribution in [2.24, 2.45) is 0 Å². The predicted octanol–water partition coefficient (Wildman–Crippen LogP) is 2.92. The second-order valence-electron chi connectivity index (χ2n) is 6.43. The van der Waals surface area contributed by atoms with Crippen molar-refractivity contribution in [3.8, 4) is 6.07 Å². The van der Waals surface area contributed by atoms with Crippen LogP contribution in [0.15, 0.2) is 64.4 Å². The van der Waals surface area contributed by atoms with Crippen molar-refractivity contribution in [3.05, 3.63) is 54.6 Å². The highest BCUT2D eigenvalue weighted by atomic mass is 32.2. The fourth-order valence-corrected chi connectivity index (χ4v) is 4.49. The van der Waals surface area contributed by atoms with Crippen LogP contribution in [0.3, 0.4) is 0 Å². The van der Waals surface area contributed by atoms with Crippen molar-refractivity contribution >= 4 is 15.5 Å². The average Bonchev–Trinajstić information content (AvgIpc) is 2.65. The number of para-hydroxylation sites is 1. The molecule has 0 aromatic heterocycles. The van der Waals surface area contributed by atoms with Crippen LogP contribution in [0.5, 0.6) is 0 Å². The van der Waals surface area contributed by atoms with E-state index in [4.69, 9.17) is 0 Å². The number of sulfone groups is 1. The first-order valence-corrected chi connectivity index (χ1v) is 9.72. The fourth-order valence-electron chi connectivity index (χ4n) is 3.05. The Morgan fingerprint density at radius 3 is 2.28 bits per heavy atom. The van der Waals surface area contributed by atoms with Crippen molar-refractivity contribution in [3.63, 3.8) is 0 Å². The topological polar surface area (TPSA) is 73.2 Å². The highest BCUT2D eigenvalue weighted by molar-refractivity contribution is 7.91. The standard InChI is InChI=1S/C19H21N3O2S/c1-22-13-11-19(15-20,12-14-22)21-17-9-5-6-10-18(17)25(23,24)16-7-3-2-4-8-16/h2-10,21H,11-14H2,1H3. The van der Waals surface area contributed by atoms with Crippen LogP contribution in [-0.4, -0.2) is 39.0 Å². The number of hydrogen-bond acceptors (Lipinski definition) is 5. The summed E-state index contributed by atoms with van der Waals surface area (Å²) >= 11 is 0. The summed E-state index contributed by atoms with van der Waals surface area (Å²) in [6.07, 6.45) is 1.30. The Bertz CT molecular complexity index is 880. The molecule has 0 radical (unpaired) electrons. The van der Waals surface area contributed by atoms with Crippen LogP contribution in [0.25, 0.3) is 0 Å². The van der Waals surface area contributed by atoms with Crippen LogP contribution in [0.2, 0.25) is 0 Å². The van der Waals surface area contributed by atoms with E-state index < -0.39 is 15.4 Å². The van der Waals surface area contributed by atoms with Gasteiger partial charge in [-0.2, -0.15) is 5.26 Å². The largest absolute Gasteiger partial charge is 0.366 e. The number of hydrogen-bond donors (Lipinski definition) is 1. The molecule has 2 aromatic carbocycles. The highest BCUT2D eigenvalue weighted by Gasteiger charge is 2.35. The van der Waals surface area contributed by atoms with E-state index >= 15 is 0 Å². The van der Waals surface area contributed by atoms with Crippen molar-refractivity contribution in [2.45, 2.75) is 28.2 Å². The second kappa shape index (κ2) is 6.87. The van der Waals surface area contributed by atoms with Gasteiger partial charge in [0, 0.05) is 13.1 Å². The molecule has 5 nitrogen and oxygen atoms in total. The van der Waals surface area contributed by atoms with Crippen LogP contribution < -0.4 is 5.32 Å². The monoisotopic (exact) mass is 355 g/mol. The predicted molar refractivity (Wildman–Crippen MR) is 97.0 cm³/mol. The van der Waals surface area contributed by atoms with Crippen LogP contribution in [0.4, 0.5) is 5.69 Å². The van der Waals surface area contributed by atoms with Gasteiger partial charge < -0.3 is 10.2 Å². The first kappa shape index (κ1) is 17.5. The maximum absolute atomic E-state index is 13.0. The van der Waals surface area contributed by atoms with E-state index in [0.717, 1.165) is 13.1 Å².